The molecule has 2 rings (SSSR count). The van der Waals surface area contributed by atoms with Crippen LogP contribution < -0.4 is 4.74 Å². The summed E-state index contributed by atoms with van der Waals surface area (Å²) in [5.41, 5.74) is 1.87. The molecule has 0 unspecified atom stereocenters. The number of aromatic nitrogens is 2. The number of halogens is 1. The van der Waals surface area contributed by atoms with Gasteiger partial charge in [0, 0.05) is 6.04 Å². The van der Waals surface area contributed by atoms with Gasteiger partial charge < -0.3 is 4.74 Å². The van der Waals surface area contributed by atoms with E-state index in [0.717, 1.165) is 11.1 Å². The van der Waals surface area contributed by atoms with Gasteiger partial charge in [0.05, 0.1) is 12.4 Å². The van der Waals surface area contributed by atoms with Gasteiger partial charge in [-0.15, -0.1) is 0 Å². The molecular weight excluding hydrogens is 231 g/mol. The molecule has 0 aliphatic heterocycles. The fourth-order valence-electron chi connectivity index (χ4n) is 1.63. The number of ether oxygens (including phenoxy) is 1. The van der Waals surface area contributed by atoms with Gasteiger partial charge in [-0.3, -0.25) is 4.68 Å². The molecule has 0 saturated carbocycles. The minimum Gasteiger partial charge on any atom is -0.486 e. The summed E-state index contributed by atoms with van der Waals surface area (Å²) in [6, 6.07) is 5.02. The maximum absolute atomic E-state index is 13.1. The third kappa shape index (κ3) is 2.88. The van der Waals surface area contributed by atoms with Crippen LogP contribution in [0.25, 0.3) is 0 Å². The highest BCUT2D eigenvalue weighted by Crippen LogP contribution is 2.16. The average Bonchev–Trinajstić information content (AvgIpc) is 2.79. The van der Waals surface area contributed by atoms with Crippen molar-refractivity contribution in [1.29, 1.82) is 0 Å². The van der Waals surface area contributed by atoms with Crippen molar-refractivity contribution < 1.29 is 9.13 Å². The van der Waals surface area contributed by atoms with E-state index < -0.39 is 0 Å². The first-order valence-electron chi connectivity index (χ1n) is 5.98. The highest BCUT2D eigenvalue weighted by molar-refractivity contribution is 5.26. The van der Waals surface area contributed by atoms with E-state index in [1.165, 1.54) is 12.1 Å². The molecule has 1 heterocycles. The van der Waals surface area contributed by atoms with E-state index in [1.54, 1.807) is 12.3 Å². The number of hydrogen-bond donors (Lipinski definition) is 0. The fourth-order valence-corrected chi connectivity index (χ4v) is 1.63. The first kappa shape index (κ1) is 12.6. The second kappa shape index (κ2) is 5.21. The zero-order valence-electron chi connectivity index (χ0n) is 10.9. The third-order valence-electron chi connectivity index (χ3n) is 2.81. The van der Waals surface area contributed by atoms with E-state index in [0.29, 0.717) is 18.4 Å². The summed E-state index contributed by atoms with van der Waals surface area (Å²) in [5.74, 6) is 0.462. The van der Waals surface area contributed by atoms with Gasteiger partial charge in [0.2, 0.25) is 0 Å². The monoisotopic (exact) mass is 248 g/mol. The van der Waals surface area contributed by atoms with Crippen LogP contribution in [0.5, 0.6) is 5.75 Å². The molecule has 96 valence electrons. The molecule has 0 fully saturated rings. The van der Waals surface area contributed by atoms with Crippen molar-refractivity contribution in [3.05, 3.63) is 47.5 Å². The summed E-state index contributed by atoms with van der Waals surface area (Å²) in [6.45, 7) is 6.39. The Morgan fingerprint density at radius 3 is 2.83 bits per heavy atom. The first-order valence-corrected chi connectivity index (χ1v) is 5.98. The highest BCUT2D eigenvalue weighted by atomic mass is 19.1. The molecule has 18 heavy (non-hydrogen) atoms. The quantitative estimate of drug-likeness (QED) is 0.828. The Morgan fingerprint density at radius 2 is 2.17 bits per heavy atom. The number of nitrogens with zero attached hydrogens (tertiary/aromatic N) is 2. The molecule has 0 bridgehead atoms. The van der Waals surface area contributed by atoms with Gasteiger partial charge in [0.1, 0.15) is 12.4 Å². The van der Waals surface area contributed by atoms with Gasteiger partial charge in [-0.05, 0) is 44.0 Å². The highest BCUT2D eigenvalue weighted by Gasteiger charge is 2.05. The van der Waals surface area contributed by atoms with Crippen LogP contribution in [0.3, 0.4) is 0 Å². The third-order valence-corrected chi connectivity index (χ3v) is 2.81. The van der Waals surface area contributed by atoms with Gasteiger partial charge in [-0.2, -0.15) is 5.10 Å². The number of aryl methyl sites for hydroxylation is 1. The lowest BCUT2D eigenvalue weighted by Gasteiger charge is -2.07. The van der Waals surface area contributed by atoms with Crippen molar-refractivity contribution >= 4 is 0 Å². The van der Waals surface area contributed by atoms with Gasteiger partial charge >= 0.3 is 0 Å². The van der Waals surface area contributed by atoms with E-state index in [-0.39, 0.29) is 5.82 Å². The molecule has 4 heteroatoms. The van der Waals surface area contributed by atoms with Crippen LogP contribution in [0.15, 0.2) is 30.6 Å². The lowest BCUT2D eigenvalue weighted by atomic mass is 10.1. The van der Waals surface area contributed by atoms with Gasteiger partial charge in [-0.25, -0.2) is 4.39 Å². The van der Waals surface area contributed by atoms with Gasteiger partial charge in [-0.1, -0.05) is 6.07 Å². The van der Waals surface area contributed by atoms with Gasteiger partial charge in [0.25, 0.3) is 0 Å². The standard InChI is InChI=1S/C14H17FN2O/c1-10(2)17-8-14(7-16-17)18-9-12-6-13(15)5-4-11(12)3/h4-8,10H,9H2,1-3H3. The largest absolute Gasteiger partial charge is 0.486 e. The second-order valence-electron chi connectivity index (χ2n) is 4.61. The molecule has 1 aromatic heterocycles. The van der Waals surface area contributed by atoms with Crippen molar-refractivity contribution in [1.82, 2.24) is 9.78 Å². The molecule has 0 aliphatic rings. The van der Waals surface area contributed by atoms with Crippen molar-refractivity contribution in [2.75, 3.05) is 0 Å². The molecule has 2 aromatic rings. The van der Waals surface area contributed by atoms with E-state index in [1.807, 2.05) is 31.6 Å². The molecule has 0 radical (unpaired) electrons. The second-order valence-corrected chi connectivity index (χ2v) is 4.61. The number of benzene rings is 1. The number of rotatable bonds is 4. The van der Waals surface area contributed by atoms with Crippen LogP contribution in [0.1, 0.15) is 31.0 Å². The van der Waals surface area contributed by atoms with E-state index in [4.69, 9.17) is 4.74 Å². The Balaban J connectivity index is 2.04. The topological polar surface area (TPSA) is 27.1 Å². The summed E-state index contributed by atoms with van der Waals surface area (Å²) in [5, 5.41) is 4.19. The molecule has 0 atom stereocenters. The van der Waals surface area contributed by atoms with Crippen molar-refractivity contribution in [2.45, 2.75) is 33.4 Å². The van der Waals surface area contributed by atoms with E-state index >= 15 is 0 Å². The zero-order chi connectivity index (χ0) is 13.1. The summed E-state index contributed by atoms with van der Waals surface area (Å²) in [6.07, 6.45) is 3.52. The summed E-state index contributed by atoms with van der Waals surface area (Å²) in [7, 11) is 0. The van der Waals surface area contributed by atoms with Crippen LogP contribution in [0.4, 0.5) is 4.39 Å². The molecule has 0 aliphatic carbocycles. The van der Waals surface area contributed by atoms with E-state index in [9.17, 15) is 4.39 Å². The van der Waals surface area contributed by atoms with Crippen molar-refractivity contribution in [3.63, 3.8) is 0 Å². The van der Waals surface area contributed by atoms with E-state index in [2.05, 4.69) is 5.10 Å². The molecule has 0 amide bonds. The summed E-state index contributed by atoms with van der Waals surface area (Å²) < 4.78 is 20.5. The Morgan fingerprint density at radius 1 is 1.39 bits per heavy atom. The molecule has 1 aromatic carbocycles. The SMILES string of the molecule is Cc1ccc(F)cc1COc1cnn(C(C)C)c1. The van der Waals surface area contributed by atoms with Crippen molar-refractivity contribution in [3.8, 4) is 5.75 Å². The summed E-state index contributed by atoms with van der Waals surface area (Å²) >= 11 is 0. The zero-order valence-corrected chi connectivity index (χ0v) is 10.9. The molecule has 3 nitrogen and oxygen atoms in total. The lowest BCUT2D eigenvalue weighted by molar-refractivity contribution is 0.304. The number of hydrogen-bond acceptors (Lipinski definition) is 2. The molecular formula is C14H17FN2O. The first-order chi connectivity index (χ1) is 8.56. The predicted molar refractivity (Wildman–Crippen MR) is 68.1 cm³/mol. The fraction of sp³-hybridized carbons (Fsp3) is 0.357. The maximum atomic E-state index is 13.1. The Kier molecular flexibility index (Phi) is 3.65. The molecule has 0 saturated heterocycles. The van der Waals surface area contributed by atoms with Crippen LogP contribution in [-0.4, -0.2) is 9.78 Å². The van der Waals surface area contributed by atoms with Gasteiger partial charge in [0.15, 0.2) is 5.75 Å². The molecule has 0 N–H and O–H groups in total. The summed E-state index contributed by atoms with van der Waals surface area (Å²) in [4.78, 5) is 0. The lowest BCUT2D eigenvalue weighted by Crippen LogP contribution is -2.00. The average molecular weight is 248 g/mol. The minimum atomic E-state index is -0.239. The smallest absolute Gasteiger partial charge is 0.157 e. The van der Waals surface area contributed by atoms with Crippen LogP contribution in [-0.2, 0) is 6.61 Å². The maximum Gasteiger partial charge on any atom is 0.157 e. The Bertz CT molecular complexity index is 534. The Hall–Kier alpha value is -1.84. The van der Waals surface area contributed by atoms with Crippen LogP contribution in [0, 0.1) is 12.7 Å². The predicted octanol–water partition coefficient (Wildman–Crippen LogP) is 3.49. The molecule has 0 spiro atoms. The minimum absolute atomic E-state index is 0.239. The van der Waals surface area contributed by atoms with Crippen LogP contribution in [0.2, 0.25) is 0 Å². The van der Waals surface area contributed by atoms with Crippen molar-refractivity contribution in [2.24, 2.45) is 0 Å². The van der Waals surface area contributed by atoms with Crippen LogP contribution >= 0.6 is 0 Å². The Labute approximate surface area is 106 Å². The normalized spacial score (nSPS) is 10.9.